The Morgan fingerprint density at radius 1 is 1.18 bits per heavy atom. The van der Waals surface area contributed by atoms with Gasteiger partial charge in [-0.2, -0.15) is 5.10 Å². The molecular formula is C19H18ClN3O4S. The fraction of sp³-hybridized carbons (Fsp3) is 0.211. The average Bonchev–Trinajstić information content (AvgIpc) is 2.63. The van der Waals surface area contributed by atoms with E-state index in [9.17, 15) is 18.0 Å². The van der Waals surface area contributed by atoms with Gasteiger partial charge < -0.3 is 5.32 Å². The molecule has 0 radical (unpaired) electrons. The van der Waals surface area contributed by atoms with Gasteiger partial charge in [0, 0.05) is 19.1 Å². The number of halogens is 1. The molecule has 7 nitrogen and oxygen atoms in total. The van der Waals surface area contributed by atoms with E-state index in [2.05, 4.69) is 10.4 Å². The summed E-state index contributed by atoms with van der Waals surface area (Å²) in [4.78, 5) is 24.9. The molecule has 0 spiro atoms. The molecule has 9 heteroatoms. The van der Waals surface area contributed by atoms with E-state index >= 15 is 0 Å². The van der Waals surface area contributed by atoms with Crippen molar-refractivity contribution in [1.29, 1.82) is 0 Å². The molecule has 1 aliphatic heterocycles. The zero-order valence-corrected chi connectivity index (χ0v) is 16.8. The van der Waals surface area contributed by atoms with Crippen LogP contribution in [0.1, 0.15) is 18.4 Å². The largest absolute Gasteiger partial charge is 0.319 e. The van der Waals surface area contributed by atoms with Crippen molar-refractivity contribution in [2.24, 2.45) is 5.10 Å². The zero-order valence-electron chi connectivity index (χ0n) is 15.3. The van der Waals surface area contributed by atoms with E-state index in [1.54, 1.807) is 18.2 Å². The number of hydrogen-bond donors (Lipinski definition) is 1. The first-order chi connectivity index (χ1) is 13.1. The molecule has 0 atom stereocenters. The van der Waals surface area contributed by atoms with Gasteiger partial charge in [-0.3, -0.25) is 9.59 Å². The van der Waals surface area contributed by atoms with E-state index in [0.29, 0.717) is 5.69 Å². The first-order valence-corrected chi connectivity index (χ1v) is 10.7. The van der Waals surface area contributed by atoms with Gasteiger partial charge in [0.25, 0.3) is 5.91 Å². The first kappa shape index (κ1) is 20.0. The predicted octanol–water partition coefficient (Wildman–Crippen LogP) is 3.17. The summed E-state index contributed by atoms with van der Waals surface area (Å²) in [7, 11) is -3.45. The highest BCUT2D eigenvalue weighted by Crippen LogP contribution is 2.26. The van der Waals surface area contributed by atoms with Crippen LogP contribution in [0.5, 0.6) is 0 Å². The number of hydrogen-bond acceptors (Lipinski definition) is 5. The number of carbonyl (C=O) groups is 2. The van der Waals surface area contributed by atoms with Crippen molar-refractivity contribution in [3.8, 4) is 0 Å². The van der Waals surface area contributed by atoms with Gasteiger partial charge >= 0.3 is 0 Å². The normalized spacial score (nSPS) is 14.6. The number of benzene rings is 2. The Kier molecular flexibility index (Phi) is 5.53. The number of nitrogens with zero attached hydrogens (tertiary/aromatic N) is 2. The zero-order chi connectivity index (χ0) is 20.5. The summed E-state index contributed by atoms with van der Waals surface area (Å²) in [5, 5.41) is 8.19. The minimum Gasteiger partial charge on any atom is -0.319 e. The molecule has 1 heterocycles. The molecule has 0 unspecified atom stereocenters. The number of anilines is 2. The molecule has 28 heavy (non-hydrogen) atoms. The molecule has 1 aliphatic rings. The van der Waals surface area contributed by atoms with Crippen LogP contribution in [0.15, 0.2) is 52.5 Å². The second-order valence-corrected chi connectivity index (χ2v) is 8.88. The monoisotopic (exact) mass is 419 g/mol. The maximum Gasteiger partial charge on any atom is 0.271 e. The Balaban J connectivity index is 1.88. The second kappa shape index (κ2) is 7.73. The highest BCUT2D eigenvalue weighted by atomic mass is 35.5. The van der Waals surface area contributed by atoms with Crippen molar-refractivity contribution in [2.75, 3.05) is 16.6 Å². The lowest BCUT2D eigenvalue weighted by Gasteiger charge is -2.23. The van der Waals surface area contributed by atoms with Gasteiger partial charge in [0.2, 0.25) is 5.91 Å². The molecule has 0 aliphatic carbocycles. The number of hydrazone groups is 1. The van der Waals surface area contributed by atoms with Crippen LogP contribution in [-0.4, -0.2) is 32.2 Å². The van der Waals surface area contributed by atoms with Crippen LogP contribution < -0.4 is 10.3 Å². The second-order valence-electron chi connectivity index (χ2n) is 6.46. The summed E-state index contributed by atoms with van der Waals surface area (Å²) < 4.78 is 23.4. The van der Waals surface area contributed by atoms with Crippen molar-refractivity contribution in [3.63, 3.8) is 0 Å². The van der Waals surface area contributed by atoms with Crippen LogP contribution in [0.3, 0.4) is 0 Å². The molecular weight excluding hydrogens is 402 g/mol. The van der Waals surface area contributed by atoms with Crippen LogP contribution >= 0.6 is 11.6 Å². The summed E-state index contributed by atoms with van der Waals surface area (Å²) in [6.45, 7) is 1.89. The minimum atomic E-state index is -3.45. The summed E-state index contributed by atoms with van der Waals surface area (Å²) in [6.07, 6.45) is 1.38. The highest BCUT2D eigenvalue weighted by Gasteiger charge is 2.26. The van der Waals surface area contributed by atoms with Crippen molar-refractivity contribution in [3.05, 3.63) is 53.1 Å². The van der Waals surface area contributed by atoms with Crippen molar-refractivity contribution in [1.82, 2.24) is 0 Å². The molecule has 2 aromatic rings. The van der Waals surface area contributed by atoms with Gasteiger partial charge in [-0.05, 0) is 42.8 Å². The lowest BCUT2D eigenvalue weighted by Crippen LogP contribution is -2.36. The number of amides is 2. The van der Waals surface area contributed by atoms with E-state index in [1.165, 1.54) is 23.2 Å². The lowest BCUT2D eigenvalue weighted by molar-refractivity contribution is -0.118. The SMILES string of the molecule is Cc1cccc(N2N=C(C(=O)Nc3cc(S(C)(=O)=O)ccc3Cl)CCC2=O)c1. The fourth-order valence-corrected chi connectivity index (χ4v) is 3.52. The molecule has 0 saturated heterocycles. The first-order valence-electron chi connectivity index (χ1n) is 8.43. The highest BCUT2D eigenvalue weighted by molar-refractivity contribution is 7.90. The third kappa shape index (κ3) is 4.40. The van der Waals surface area contributed by atoms with Crippen molar-refractivity contribution in [2.45, 2.75) is 24.7 Å². The van der Waals surface area contributed by atoms with E-state index in [-0.39, 0.29) is 40.1 Å². The number of rotatable bonds is 4. The van der Waals surface area contributed by atoms with E-state index < -0.39 is 15.7 Å². The fourth-order valence-electron chi connectivity index (χ4n) is 2.70. The third-order valence-corrected chi connectivity index (χ3v) is 5.59. The van der Waals surface area contributed by atoms with Gasteiger partial charge in [-0.25, -0.2) is 13.4 Å². The van der Waals surface area contributed by atoms with Crippen LogP contribution in [0.25, 0.3) is 0 Å². The van der Waals surface area contributed by atoms with Gasteiger partial charge in [0.15, 0.2) is 9.84 Å². The number of aryl methyl sites for hydroxylation is 1. The van der Waals surface area contributed by atoms with Crippen molar-refractivity contribution >= 4 is 50.3 Å². The Hall–Kier alpha value is -2.71. The van der Waals surface area contributed by atoms with E-state index in [4.69, 9.17) is 11.6 Å². The van der Waals surface area contributed by atoms with Crippen LogP contribution in [-0.2, 0) is 19.4 Å². The molecule has 146 valence electrons. The number of nitrogens with one attached hydrogen (secondary N) is 1. The Bertz CT molecular complexity index is 1100. The number of sulfone groups is 1. The molecule has 0 aromatic heterocycles. The topological polar surface area (TPSA) is 95.9 Å². The smallest absolute Gasteiger partial charge is 0.271 e. The molecule has 0 saturated carbocycles. The molecule has 3 rings (SSSR count). The van der Waals surface area contributed by atoms with Crippen molar-refractivity contribution < 1.29 is 18.0 Å². The Morgan fingerprint density at radius 3 is 2.61 bits per heavy atom. The predicted molar refractivity (Wildman–Crippen MR) is 109 cm³/mol. The minimum absolute atomic E-state index is 0.0364. The molecule has 1 N–H and O–H groups in total. The maximum absolute atomic E-state index is 12.6. The summed E-state index contributed by atoms with van der Waals surface area (Å²) in [5.41, 5.74) is 1.85. The average molecular weight is 420 g/mol. The Morgan fingerprint density at radius 2 is 1.93 bits per heavy atom. The molecule has 2 amide bonds. The van der Waals surface area contributed by atoms with Gasteiger partial charge in [-0.15, -0.1) is 0 Å². The standard InChI is InChI=1S/C19H18ClN3O4S/c1-12-4-3-5-13(10-12)23-18(24)9-8-16(22-23)19(25)21-17-11-14(28(2,26)27)6-7-15(17)20/h3-7,10-11H,8-9H2,1-2H3,(H,21,25). The van der Waals surface area contributed by atoms with Crippen LogP contribution in [0.4, 0.5) is 11.4 Å². The third-order valence-electron chi connectivity index (χ3n) is 4.16. The summed E-state index contributed by atoms with van der Waals surface area (Å²) >= 11 is 6.08. The summed E-state index contributed by atoms with van der Waals surface area (Å²) in [5.74, 6) is -0.753. The lowest BCUT2D eigenvalue weighted by atomic mass is 10.1. The van der Waals surface area contributed by atoms with Gasteiger partial charge in [0.05, 0.1) is 21.3 Å². The number of carbonyl (C=O) groups excluding carboxylic acids is 2. The summed E-state index contributed by atoms with van der Waals surface area (Å²) in [6, 6.07) is 11.3. The molecule has 0 fully saturated rings. The maximum atomic E-state index is 12.6. The van der Waals surface area contributed by atoms with Crippen LogP contribution in [0.2, 0.25) is 5.02 Å². The van der Waals surface area contributed by atoms with Gasteiger partial charge in [0.1, 0.15) is 5.71 Å². The Labute approximate surface area is 167 Å². The molecule has 2 aromatic carbocycles. The van der Waals surface area contributed by atoms with E-state index in [1.807, 2.05) is 13.0 Å². The van der Waals surface area contributed by atoms with E-state index in [0.717, 1.165) is 11.8 Å². The van der Waals surface area contributed by atoms with Gasteiger partial charge in [-0.1, -0.05) is 23.7 Å². The quantitative estimate of drug-likeness (QED) is 0.823. The molecule has 0 bridgehead atoms. The van der Waals surface area contributed by atoms with Crippen LogP contribution in [0, 0.1) is 6.92 Å².